The van der Waals surface area contributed by atoms with Crippen LogP contribution in [0.2, 0.25) is 0 Å². The number of hydrogen-bond acceptors (Lipinski definition) is 24. The molecule has 31 nitrogen and oxygen atoms in total. The highest BCUT2D eigenvalue weighted by molar-refractivity contribution is 7.51. The van der Waals surface area contributed by atoms with Gasteiger partial charge in [-0.25, -0.2) is 17.7 Å². The van der Waals surface area contributed by atoms with Crippen LogP contribution in [0.3, 0.4) is 0 Å². The number of ether oxygens (including phenoxy) is 9. The summed E-state index contributed by atoms with van der Waals surface area (Å²) in [7, 11) is -3.66. The van der Waals surface area contributed by atoms with Gasteiger partial charge in [0, 0.05) is 51.8 Å². The largest absolute Gasteiger partial charge is 0.396 e. The smallest absolute Gasteiger partial charge is 0.325 e. The lowest BCUT2D eigenvalue weighted by Gasteiger charge is -2.35. The molecule has 14 N–H and O–H groups in total. The first-order valence-electron chi connectivity index (χ1n) is 29.5. The minimum Gasteiger partial charge on any atom is -0.396 e. The van der Waals surface area contributed by atoms with Crippen LogP contribution in [-0.4, -0.2) is 242 Å². The van der Waals surface area contributed by atoms with Crippen molar-refractivity contribution in [3.8, 4) is 0 Å². The van der Waals surface area contributed by atoms with E-state index in [4.69, 9.17) is 64.8 Å². The predicted octanol–water partition coefficient (Wildman–Crippen LogP) is -0.975. The fourth-order valence-electron chi connectivity index (χ4n) is 8.31. The molecule has 6 amide bonds. The van der Waals surface area contributed by atoms with Crippen molar-refractivity contribution >= 4 is 43.0 Å². The molecule has 4 unspecified atom stereocenters. The number of aliphatic hydroxyl groups excluding tert-OH is 1. The summed E-state index contributed by atoms with van der Waals surface area (Å²) in [5, 5.41) is 26.8. The van der Waals surface area contributed by atoms with Crippen LogP contribution in [0.1, 0.15) is 98.3 Å². The molecular formula is C54H108N9O22P. The molecule has 0 saturated heterocycles. The molecule has 0 aliphatic rings. The molecule has 0 saturated carbocycles. The Morgan fingerprint density at radius 3 is 1.21 bits per heavy atom. The molecular weight excluding hydrogens is 1160 g/mol. The number of carbonyl (C=O) groups is 6. The molecule has 0 radical (unpaired) electrons. The first-order chi connectivity index (χ1) is 41.2. The fourth-order valence-corrected chi connectivity index (χ4v) is 8.80. The average Bonchev–Trinajstić information content (AvgIpc) is 3.64. The van der Waals surface area contributed by atoms with Crippen molar-refractivity contribution in [3.63, 3.8) is 0 Å². The van der Waals surface area contributed by atoms with Gasteiger partial charge in [-0.3, -0.25) is 33.3 Å². The van der Waals surface area contributed by atoms with Crippen molar-refractivity contribution in [3.05, 3.63) is 0 Å². The minimum atomic E-state index is -3.66. The van der Waals surface area contributed by atoms with Crippen LogP contribution in [0.15, 0.2) is 0 Å². The summed E-state index contributed by atoms with van der Waals surface area (Å²) in [6.07, 6.45) is 4.56. The van der Waals surface area contributed by atoms with E-state index >= 15 is 0 Å². The Bertz CT molecular complexity index is 1800. The lowest BCUT2D eigenvalue weighted by atomic mass is 9.73. The van der Waals surface area contributed by atoms with Crippen LogP contribution < -0.4 is 49.6 Å². The van der Waals surface area contributed by atoms with Gasteiger partial charge in [0.2, 0.25) is 35.4 Å². The second-order valence-corrected chi connectivity index (χ2v) is 23.6. The highest BCUT2D eigenvalue weighted by atomic mass is 31.2. The molecule has 0 heterocycles. The van der Waals surface area contributed by atoms with Gasteiger partial charge >= 0.3 is 7.60 Å². The van der Waals surface area contributed by atoms with E-state index in [1.165, 1.54) is 0 Å². The first-order valence-corrected chi connectivity index (χ1v) is 31.6. The summed E-state index contributed by atoms with van der Waals surface area (Å²) < 4.78 is 64.9. The molecule has 86 heavy (non-hydrogen) atoms. The van der Waals surface area contributed by atoms with Crippen molar-refractivity contribution in [2.75, 3.05) is 185 Å². The quantitative estimate of drug-likeness (QED) is 0.0198. The Morgan fingerprint density at radius 2 is 0.814 bits per heavy atom. The third-order valence-electron chi connectivity index (χ3n) is 12.2. The number of amides is 6. The Hall–Kier alpha value is -3.67. The van der Waals surface area contributed by atoms with Crippen LogP contribution in [0.4, 0.5) is 0 Å². The zero-order valence-corrected chi connectivity index (χ0v) is 52.7. The highest BCUT2D eigenvalue weighted by Crippen LogP contribution is 2.37. The van der Waals surface area contributed by atoms with Gasteiger partial charge in [-0.15, -0.1) is 0 Å². The SMILES string of the molecule is CC(C)(CNC(=O)C(CCCCNC(=O)COCCOCCOCCON)NC(=O)C(CCCCNC(=O)COCCOCCOCCON)NC(=O)COCCOCCOCCON)CC(C)(C)CC(=O)NCCCCC(CO)COP(C)(=O)O. The molecule has 0 aliphatic heterocycles. The average molecular weight is 1270 g/mol. The van der Waals surface area contributed by atoms with E-state index in [1.807, 2.05) is 27.7 Å². The van der Waals surface area contributed by atoms with Gasteiger partial charge in [-0.1, -0.05) is 34.1 Å². The molecule has 32 heteroatoms. The lowest BCUT2D eigenvalue weighted by Crippen LogP contribution is -2.55. The molecule has 0 aromatic rings. The third kappa shape index (κ3) is 53.4. The summed E-state index contributed by atoms with van der Waals surface area (Å²) >= 11 is 0. The molecule has 4 atom stereocenters. The van der Waals surface area contributed by atoms with E-state index < -0.39 is 48.2 Å². The van der Waals surface area contributed by atoms with E-state index in [1.54, 1.807) is 0 Å². The summed E-state index contributed by atoms with van der Waals surface area (Å²) in [6.45, 7) is 13.9. The zero-order valence-electron chi connectivity index (χ0n) is 51.8. The van der Waals surface area contributed by atoms with Gasteiger partial charge in [0.05, 0.1) is 126 Å². The molecule has 0 aromatic heterocycles. The van der Waals surface area contributed by atoms with Crippen LogP contribution in [0.25, 0.3) is 0 Å². The van der Waals surface area contributed by atoms with Gasteiger partial charge in [0.25, 0.3) is 0 Å². The highest BCUT2D eigenvalue weighted by Gasteiger charge is 2.33. The standard InChI is InChI=1S/C54H108N9O22P/c1-53(2,36-47(65)58-15-9-6-12-44(37-64)38-85-86(5,71)72)42-54(3,4)43-61-51(69)45(13-7-10-16-59-48(66)39-79-27-24-73-18-21-76-30-33-82-55)63-52(70)46(62-50(68)41-81-29-26-75-20-23-78-32-35-84-57)14-8-11-17-60-49(67)40-80-28-25-74-19-22-77-31-34-83-56/h44-46,64H,6-43,55-57H2,1-5H3,(H,58,65)(H,59,66)(H,60,67)(H,61,69)(H,62,68)(H,63,70)(H,71,72). The number of nitrogens with two attached hydrogens (primary N) is 3. The number of hydrogen-bond donors (Lipinski definition) is 11. The maximum Gasteiger partial charge on any atom is 0.325 e. The van der Waals surface area contributed by atoms with Crippen molar-refractivity contribution in [2.45, 2.75) is 110 Å². The minimum absolute atomic E-state index is 0.0383. The predicted molar refractivity (Wildman–Crippen MR) is 314 cm³/mol. The van der Waals surface area contributed by atoms with E-state index in [0.29, 0.717) is 111 Å². The zero-order chi connectivity index (χ0) is 64.0. The van der Waals surface area contributed by atoms with E-state index in [9.17, 15) is 43.3 Å². The second kappa shape index (κ2) is 54.3. The van der Waals surface area contributed by atoms with E-state index in [2.05, 4.69) is 46.4 Å². The maximum absolute atomic E-state index is 14.2. The van der Waals surface area contributed by atoms with Gasteiger partial charge in [-0.05, 0) is 68.6 Å². The van der Waals surface area contributed by atoms with Gasteiger partial charge in [0.15, 0.2) is 0 Å². The summed E-state index contributed by atoms with van der Waals surface area (Å²) in [5.74, 6) is 12.1. The maximum atomic E-state index is 14.2. The number of carbonyl (C=O) groups excluding carboxylic acids is 6. The van der Waals surface area contributed by atoms with Crippen LogP contribution >= 0.6 is 7.60 Å². The number of unbranched alkanes of at least 4 members (excludes halogenated alkanes) is 3. The fraction of sp³-hybridized carbons (Fsp3) is 0.889. The Labute approximate surface area is 508 Å². The molecule has 0 aromatic carbocycles. The van der Waals surface area contributed by atoms with E-state index in [-0.39, 0.29) is 162 Å². The molecule has 0 fully saturated rings. The van der Waals surface area contributed by atoms with Crippen molar-refractivity contribution < 1.29 is 105 Å². The van der Waals surface area contributed by atoms with Gasteiger partial charge in [-0.2, -0.15) is 0 Å². The van der Waals surface area contributed by atoms with Crippen LogP contribution in [0, 0.1) is 16.7 Å². The number of aliphatic hydroxyl groups is 1. The molecule has 0 spiro atoms. The first kappa shape index (κ1) is 82.3. The van der Waals surface area contributed by atoms with Crippen molar-refractivity contribution in [2.24, 2.45) is 34.4 Å². The van der Waals surface area contributed by atoms with Crippen LogP contribution in [-0.2, 0) is 95.0 Å². The monoisotopic (exact) mass is 1270 g/mol. The number of rotatable bonds is 62. The summed E-state index contributed by atoms with van der Waals surface area (Å²) in [5.41, 5.74) is -1.02. The summed E-state index contributed by atoms with van der Waals surface area (Å²) in [6, 6.07) is -2.17. The van der Waals surface area contributed by atoms with Crippen molar-refractivity contribution in [1.29, 1.82) is 0 Å². The van der Waals surface area contributed by atoms with Gasteiger partial charge < -0.3 is 104 Å². The molecule has 0 rings (SSSR count). The Morgan fingerprint density at radius 1 is 0.453 bits per heavy atom. The van der Waals surface area contributed by atoms with E-state index in [0.717, 1.165) is 6.66 Å². The second-order valence-electron chi connectivity index (χ2n) is 21.7. The topological polar surface area (TPSA) is 430 Å². The van der Waals surface area contributed by atoms with Crippen LogP contribution in [0.5, 0.6) is 0 Å². The third-order valence-corrected chi connectivity index (χ3v) is 12.9. The Kier molecular flexibility index (Phi) is 52.0. The Balaban J connectivity index is 5.82. The lowest BCUT2D eigenvalue weighted by molar-refractivity contribution is -0.134. The molecule has 0 bridgehead atoms. The van der Waals surface area contributed by atoms with Crippen molar-refractivity contribution in [1.82, 2.24) is 31.9 Å². The number of nitrogens with one attached hydrogen (secondary N) is 6. The summed E-state index contributed by atoms with van der Waals surface area (Å²) in [4.78, 5) is 102. The molecule has 0 aliphatic carbocycles. The molecule has 506 valence electrons. The van der Waals surface area contributed by atoms with Gasteiger partial charge in [0.1, 0.15) is 31.9 Å². The normalized spacial score (nSPS) is 13.6.